The molecule has 0 aliphatic rings. The highest BCUT2D eigenvalue weighted by molar-refractivity contribution is 9.10. The zero-order valence-corrected chi connectivity index (χ0v) is 16.1. The lowest BCUT2D eigenvalue weighted by Crippen LogP contribution is -2.10. The van der Waals surface area contributed by atoms with E-state index in [9.17, 15) is 0 Å². The summed E-state index contributed by atoms with van der Waals surface area (Å²) in [6.45, 7) is 1.80. The summed E-state index contributed by atoms with van der Waals surface area (Å²) in [7, 11) is 0. The molecule has 0 radical (unpaired) electrons. The van der Waals surface area contributed by atoms with Crippen LogP contribution in [0, 0.1) is 0 Å². The summed E-state index contributed by atoms with van der Waals surface area (Å²) in [4.78, 5) is 0. The molecule has 4 rings (SSSR count). The zero-order valence-electron chi connectivity index (χ0n) is 13.0. The largest absolute Gasteiger partial charge is 0.383 e. The molecule has 0 spiro atoms. The van der Waals surface area contributed by atoms with Gasteiger partial charge in [-0.2, -0.15) is 0 Å². The Kier molecular flexibility index (Phi) is 4.33. The second kappa shape index (κ2) is 6.61. The van der Waals surface area contributed by atoms with Crippen LogP contribution in [0.15, 0.2) is 75.7 Å². The summed E-state index contributed by atoms with van der Waals surface area (Å²) in [5.74, 6) is 0. The fourth-order valence-corrected chi connectivity index (χ4v) is 3.88. The Morgan fingerprint density at radius 2 is 1.33 bits per heavy atom. The molecule has 0 saturated carbocycles. The Hall–Kier alpha value is -1.78. The van der Waals surface area contributed by atoms with E-state index in [0.717, 1.165) is 27.7 Å². The average Bonchev–Trinajstić information content (AvgIpc) is 2.89. The minimum absolute atomic E-state index is 0.884. The van der Waals surface area contributed by atoms with E-state index in [4.69, 9.17) is 0 Å². The number of nitrogens with zero attached hydrogens (tertiary/aromatic N) is 1. The molecule has 120 valence electrons. The fraction of sp³-hybridized carbons (Fsp3) is 0.100. The van der Waals surface area contributed by atoms with Gasteiger partial charge in [0, 0.05) is 49.5 Å². The van der Waals surface area contributed by atoms with Crippen LogP contribution < -0.4 is 5.32 Å². The third-order valence-corrected chi connectivity index (χ3v) is 5.21. The van der Waals surface area contributed by atoms with Gasteiger partial charge in [-0.3, -0.25) is 0 Å². The van der Waals surface area contributed by atoms with E-state index in [1.807, 2.05) is 6.07 Å². The van der Waals surface area contributed by atoms with E-state index >= 15 is 0 Å². The van der Waals surface area contributed by atoms with Crippen LogP contribution in [0.25, 0.3) is 21.8 Å². The van der Waals surface area contributed by atoms with Gasteiger partial charge in [-0.15, -0.1) is 0 Å². The second-order valence-corrected chi connectivity index (χ2v) is 7.60. The van der Waals surface area contributed by atoms with Crippen molar-refractivity contribution in [3.63, 3.8) is 0 Å². The summed E-state index contributed by atoms with van der Waals surface area (Å²) in [5, 5.41) is 6.05. The molecule has 0 bridgehead atoms. The summed E-state index contributed by atoms with van der Waals surface area (Å²) in [6, 6.07) is 23.3. The number of anilines is 1. The summed E-state index contributed by atoms with van der Waals surface area (Å²) in [6.07, 6.45) is 0. The number of rotatable bonds is 4. The quantitative estimate of drug-likeness (QED) is 0.384. The first-order valence-corrected chi connectivity index (χ1v) is 9.47. The molecular weight excluding hydrogens is 428 g/mol. The van der Waals surface area contributed by atoms with Crippen molar-refractivity contribution in [1.82, 2.24) is 4.57 Å². The Morgan fingerprint density at radius 1 is 0.750 bits per heavy atom. The highest BCUT2D eigenvalue weighted by Gasteiger charge is 2.11. The van der Waals surface area contributed by atoms with Gasteiger partial charge in [-0.05, 0) is 48.5 Å². The van der Waals surface area contributed by atoms with Gasteiger partial charge >= 0.3 is 0 Å². The van der Waals surface area contributed by atoms with E-state index in [1.165, 1.54) is 21.8 Å². The number of hydrogen-bond donors (Lipinski definition) is 1. The van der Waals surface area contributed by atoms with Crippen molar-refractivity contribution >= 4 is 59.4 Å². The van der Waals surface area contributed by atoms with Crippen LogP contribution in [-0.2, 0) is 6.54 Å². The van der Waals surface area contributed by atoms with Crippen LogP contribution in [0.4, 0.5) is 5.69 Å². The highest BCUT2D eigenvalue weighted by Crippen LogP contribution is 2.32. The predicted molar refractivity (Wildman–Crippen MR) is 110 cm³/mol. The normalized spacial score (nSPS) is 11.2. The molecule has 0 aliphatic carbocycles. The van der Waals surface area contributed by atoms with Gasteiger partial charge in [-0.1, -0.05) is 50.1 Å². The van der Waals surface area contributed by atoms with E-state index in [-0.39, 0.29) is 0 Å². The second-order valence-electron chi connectivity index (χ2n) is 5.77. The fourth-order valence-electron chi connectivity index (χ4n) is 3.16. The van der Waals surface area contributed by atoms with Gasteiger partial charge in [-0.25, -0.2) is 0 Å². The first-order chi connectivity index (χ1) is 11.7. The van der Waals surface area contributed by atoms with Gasteiger partial charge in [0.15, 0.2) is 0 Å². The Morgan fingerprint density at radius 3 is 1.92 bits per heavy atom. The molecule has 1 aromatic heterocycles. The Labute approximate surface area is 157 Å². The third-order valence-electron chi connectivity index (χ3n) is 4.23. The standard InChI is InChI=1S/C20H16Br2N2/c21-14-6-8-19-17(12-14)18-13-15(22)7-9-20(18)24(19)11-10-23-16-4-2-1-3-5-16/h1-9,12-13,23H,10-11H2. The van der Waals surface area contributed by atoms with Crippen LogP contribution >= 0.6 is 31.9 Å². The molecule has 1 N–H and O–H groups in total. The molecule has 2 nitrogen and oxygen atoms in total. The van der Waals surface area contributed by atoms with Crippen molar-refractivity contribution in [1.29, 1.82) is 0 Å². The molecule has 0 atom stereocenters. The Balaban J connectivity index is 1.73. The molecule has 0 aliphatic heterocycles. The molecule has 0 fully saturated rings. The number of nitrogens with one attached hydrogen (secondary N) is 1. The van der Waals surface area contributed by atoms with E-state index < -0.39 is 0 Å². The molecule has 4 aromatic rings. The molecule has 0 unspecified atom stereocenters. The van der Waals surface area contributed by atoms with Crippen LogP contribution in [-0.4, -0.2) is 11.1 Å². The van der Waals surface area contributed by atoms with Crippen LogP contribution in [0.2, 0.25) is 0 Å². The van der Waals surface area contributed by atoms with Crippen LogP contribution in [0.1, 0.15) is 0 Å². The van der Waals surface area contributed by atoms with Crippen molar-refractivity contribution in [2.45, 2.75) is 6.54 Å². The van der Waals surface area contributed by atoms with Gasteiger partial charge < -0.3 is 9.88 Å². The van der Waals surface area contributed by atoms with Gasteiger partial charge in [0.25, 0.3) is 0 Å². The van der Waals surface area contributed by atoms with Gasteiger partial charge in [0.05, 0.1) is 0 Å². The van der Waals surface area contributed by atoms with Crippen molar-refractivity contribution in [2.24, 2.45) is 0 Å². The summed E-state index contributed by atoms with van der Waals surface area (Å²) in [5.41, 5.74) is 3.69. The SMILES string of the molecule is Brc1ccc2c(c1)c1cc(Br)ccc1n2CCNc1ccccc1. The highest BCUT2D eigenvalue weighted by atomic mass is 79.9. The lowest BCUT2D eigenvalue weighted by atomic mass is 10.2. The van der Waals surface area contributed by atoms with Crippen LogP contribution in [0.3, 0.4) is 0 Å². The molecular formula is C20H16Br2N2. The molecule has 0 saturated heterocycles. The lowest BCUT2D eigenvalue weighted by molar-refractivity contribution is 0.782. The molecule has 24 heavy (non-hydrogen) atoms. The molecule has 0 amide bonds. The maximum absolute atomic E-state index is 3.60. The predicted octanol–water partition coefficient (Wildman–Crippen LogP) is 6.43. The maximum atomic E-state index is 3.60. The Bertz CT molecular complexity index is 947. The van der Waals surface area contributed by atoms with Crippen molar-refractivity contribution < 1.29 is 0 Å². The lowest BCUT2D eigenvalue weighted by Gasteiger charge is -2.10. The zero-order chi connectivity index (χ0) is 16.5. The minimum Gasteiger partial charge on any atom is -0.383 e. The molecule has 1 heterocycles. The third kappa shape index (κ3) is 2.96. The van der Waals surface area contributed by atoms with Gasteiger partial charge in [0.1, 0.15) is 0 Å². The van der Waals surface area contributed by atoms with Crippen molar-refractivity contribution in [3.05, 3.63) is 75.7 Å². The van der Waals surface area contributed by atoms with Crippen molar-refractivity contribution in [2.75, 3.05) is 11.9 Å². The van der Waals surface area contributed by atoms with E-state index in [0.29, 0.717) is 0 Å². The molecule has 4 heteroatoms. The summed E-state index contributed by atoms with van der Waals surface area (Å²) < 4.78 is 4.60. The van der Waals surface area contributed by atoms with E-state index in [1.54, 1.807) is 0 Å². The molecule has 3 aromatic carbocycles. The number of aromatic nitrogens is 1. The number of hydrogen-bond acceptors (Lipinski definition) is 1. The monoisotopic (exact) mass is 442 g/mol. The first-order valence-electron chi connectivity index (χ1n) is 7.88. The van der Waals surface area contributed by atoms with Crippen molar-refractivity contribution in [3.8, 4) is 0 Å². The van der Waals surface area contributed by atoms with Crippen LogP contribution in [0.5, 0.6) is 0 Å². The number of fused-ring (bicyclic) bond motifs is 3. The topological polar surface area (TPSA) is 17.0 Å². The first kappa shape index (κ1) is 15.7. The summed E-state index contributed by atoms with van der Waals surface area (Å²) >= 11 is 7.19. The number of halogens is 2. The average molecular weight is 444 g/mol. The van der Waals surface area contributed by atoms with E-state index in [2.05, 4.69) is 102 Å². The minimum atomic E-state index is 0.884. The number of para-hydroxylation sites is 1. The smallest absolute Gasteiger partial charge is 0.0492 e. The maximum Gasteiger partial charge on any atom is 0.0492 e. The van der Waals surface area contributed by atoms with Gasteiger partial charge in [0.2, 0.25) is 0 Å². The number of benzene rings is 3.